The molecule has 0 aromatic heterocycles. The van der Waals surface area contributed by atoms with E-state index in [4.69, 9.17) is 18.9 Å². The van der Waals surface area contributed by atoms with Crippen LogP contribution < -0.4 is 0 Å². The zero-order valence-electron chi connectivity index (χ0n) is 20.8. The molecule has 0 bridgehead atoms. The highest BCUT2D eigenvalue weighted by atomic mass is 16.6. The van der Waals surface area contributed by atoms with Gasteiger partial charge in [0.05, 0.1) is 28.4 Å². The molecule has 2 rings (SSSR count). The SMILES string of the molecule is C=C(C)C1CC(C(=O)OC)(C(=O)OC)C/C1=C\C=C1/CC(C(=O)OC)(C(=O)OC)CC1C(=C)C. The summed E-state index contributed by atoms with van der Waals surface area (Å²) >= 11 is 0. The molecule has 2 aliphatic rings. The summed E-state index contributed by atoms with van der Waals surface area (Å²) in [6, 6.07) is 0. The predicted molar refractivity (Wildman–Crippen MR) is 124 cm³/mol. The van der Waals surface area contributed by atoms with Gasteiger partial charge in [0.1, 0.15) is 0 Å². The Bertz CT molecular complexity index is 857. The maximum atomic E-state index is 12.6. The first-order valence-corrected chi connectivity index (χ1v) is 11.0. The van der Waals surface area contributed by atoms with Crippen LogP contribution in [0, 0.1) is 22.7 Å². The first-order chi connectivity index (χ1) is 15.9. The molecule has 0 amide bonds. The lowest BCUT2D eigenvalue weighted by atomic mass is 9.84. The van der Waals surface area contributed by atoms with E-state index in [1.807, 2.05) is 26.0 Å². The topological polar surface area (TPSA) is 105 Å². The van der Waals surface area contributed by atoms with Gasteiger partial charge >= 0.3 is 23.9 Å². The van der Waals surface area contributed by atoms with Gasteiger partial charge in [0.2, 0.25) is 0 Å². The zero-order valence-corrected chi connectivity index (χ0v) is 20.8. The Kier molecular flexibility index (Phi) is 8.29. The summed E-state index contributed by atoms with van der Waals surface area (Å²) in [5.74, 6) is -3.11. The normalized spacial score (nSPS) is 25.0. The molecule has 0 N–H and O–H groups in total. The van der Waals surface area contributed by atoms with Gasteiger partial charge in [0, 0.05) is 11.8 Å². The summed E-state index contributed by atoms with van der Waals surface area (Å²) in [6.07, 6.45) is 4.28. The van der Waals surface area contributed by atoms with Gasteiger partial charge in [-0.15, -0.1) is 0 Å². The molecule has 186 valence electrons. The van der Waals surface area contributed by atoms with Gasteiger partial charge < -0.3 is 18.9 Å². The van der Waals surface area contributed by atoms with Gasteiger partial charge in [-0.25, -0.2) is 0 Å². The van der Waals surface area contributed by atoms with Crippen LogP contribution in [-0.2, 0) is 38.1 Å². The van der Waals surface area contributed by atoms with Crippen molar-refractivity contribution in [3.8, 4) is 0 Å². The zero-order chi connectivity index (χ0) is 25.8. The molecule has 8 nitrogen and oxygen atoms in total. The summed E-state index contributed by atoms with van der Waals surface area (Å²) in [6.45, 7) is 11.7. The van der Waals surface area contributed by atoms with Crippen molar-refractivity contribution in [1.82, 2.24) is 0 Å². The molecule has 0 aliphatic heterocycles. The third-order valence-electron chi connectivity index (χ3n) is 7.02. The molecule has 2 atom stereocenters. The van der Waals surface area contributed by atoms with Crippen LogP contribution in [0.1, 0.15) is 39.5 Å². The number of carbonyl (C=O) groups excluding carboxylic acids is 4. The van der Waals surface area contributed by atoms with Crippen molar-refractivity contribution >= 4 is 23.9 Å². The van der Waals surface area contributed by atoms with Crippen LogP contribution in [-0.4, -0.2) is 52.3 Å². The van der Waals surface area contributed by atoms with E-state index >= 15 is 0 Å². The molecule has 0 radical (unpaired) electrons. The summed E-state index contributed by atoms with van der Waals surface area (Å²) in [7, 11) is 4.95. The van der Waals surface area contributed by atoms with Crippen LogP contribution in [0.25, 0.3) is 0 Å². The largest absolute Gasteiger partial charge is 0.468 e. The Morgan fingerprint density at radius 1 is 0.676 bits per heavy atom. The van der Waals surface area contributed by atoms with E-state index in [9.17, 15) is 19.2 Å². The van der Waals surface area contributed by atoms with Gasteiger partial charge in [-0.3, -0.25) is 19.2 Å². The maximum Gasteiger partial charge on any atom is 0.323 e. The lowest BCUT2D eigenvalue weighted by Gasteiger charge is -2.22. The number of hydrogen-bond acceptors (Lipinski definition) is 8. The van der Waals surface area contributed by atoms with E-state index < -0.39 is 34.7 Å². The second kappa shape index (κ2) is 10.4. The number of ether oxygens (including phenoxy) is 4. The molecule has 0 saturated heterocycles. The number of allylic oxidation sites excluding steroid dienone is 6. The standard InChI is InChI=1S/C26H34O8/c1-15(2)19-13-25(21(27)31-5,22(28)32-6)11-17(19)9-10-18-12-26(23(29)33-7,24(30)34-8)14-20(18)16(3)4/h9-10,19-20H,1,3,11-14H2,2,4-8H3/b17-9+,18-10+. The number of rotatable bonds is 7. The third kappa shape index (κ3) is 4.58. The molecular formula is C26H34O8. The average molecular weight is 475 g/mol. The summed E-state index contributed by atoms with van der Waals surface area (Å²) in [5.41, 5.74) is 0.293. The smallest absolute Gasteiger partial charge is 0.323 e. The predicted octanol–water partition coefficient (Wildman–Crippen LogP) is 3.48. The highest BCUT2D eigenvalue weighted by molar-refractivity contribution is 6.02. The third-order valence-corrected chi connectivity index (χ3v) is 7.02. The van der Waals surface area contributed by atoms with Crippen molar-refractivity contribution in [2.75, 3.05) is 28.4 Å². The molecule has 2 saturated carbocycles. The summed E-state index contributed by atoms with van der Waals surface area (Å²) < 4.78 is 19.8. The minimum absolute atomic E-state index is 0.116. The molecule has 8 heteroatoms. The lowest BCUT2D eigenvalue weighted by Crippen LogP contribution is -2.39. The van der Waals surface area contributed by atoms with Gasteiger partial charge in [0.25, 0.3) is 0 Å². The second-order valence-electron chi connectivity index (χ2n) is 9.17. The van der Waals surface area contributed by atoms with Crippen LogP contribution in [0.2, 0.25) is 0 Å². The molecule has 34 heavy (non-hydrogen) atoms. The molecule has 0 aromatic rings. The molecule has 2 aliphatic carbocycles. The maximum absolute atomic E-state index is 12.6. The molecule has 0 spiro atoms. The van der Waals surface area contributed by atoms with Crippen molar-refractivity contribution in [1.29, 1.82) is 0 Å². The molecule has 0 heterocycles. The van der Waals surface area contributed by atoms with Crippen LogP contribution in [0.5, 0.6) is 0 Å². The molecule has 2 fully saturated rings. The summed E-state index contributed by atoms with van der Waals surface area (Å²) in [4.78, 5) is 50.6. The first-order valence-electron chi connectivity index (χ1n) is 11.0. The fourth-order valence-corrected chi connectivity index (χ4v) is 5.16. The van der Waals surface area contributed by atoms with E-state index in [0.717, 1.165) is 22.3 Å². The number of methoxy groups -OCH3 is 4. The number of carbonyl (C=O) groups is 4. The Balaban J connectivity index is 2.57. The quantitative estimate of drug-likeness (QED) is 0.239. The monoisotopic (exact) mass is 474 g/mol. The minimum Gasteiger partial charge on any atom is -0.468 e. The van der Waals surface area contributed by atoms with Gasteiger partial charge in [-0.2, -0.15) is 0 Å². The van der Waals surface area contributed by atoms with E-state index in [2.05, 4.69) is 13.2 Å². The van der Waals surface area contributed by atoms with Gasteiger partial charge in [-0.05, 0) is 39.5 Å². The fourth-order valence-electron chi connectivity index (χ4n) is 5.16. The second-order valence-corrected chi connectivity index (χ2v) is 9.17. The van der Waals surface area contributed by atoms with E-state index in [1.165, 1.54) is 28.4 Å². The first kappa shape index (κ1) is 27.1. The highest BCUT2D eigenvalue weighted by Gasteiger charge is 2.57. The van der Waals surface area contributed by atoms with Crippen molar-refractivity contribution in [2.24, 2.45) is 22.7 Å². The van der Waals surface area contributed by atoms with Crippen LogP contribution >= 0.6 is 0 Å². The highest BCUT2D eigenvalue weighted by Crippen LogP contribution is 2.52. The van der Waals surface area contributed by atoms with Crippen LogP contribution in [0.15, 0.2) is 47.6 Å². The minimum atomic E-state index is -1.46. The summed E-state index contributed by atoms with van der Waals surface area (Å²) in [5, 5.41) is 0. The van der Waals surface area contributed by atoms with Crippen molar-refractivity contribution in [3.05, 3.63) is 47.6 Å². The van der Waals surface area contributed by atoms with E-state index in [1.54, 1.807) is 0 Å². The molecular weight excluding hydrogens is 440 g/mol. The van der Waals surface area contributed by atoms with Gasteiger partial charge in [0.15, 0.2) is 10.8 Å². The van der Waals surface area contributed by atoms with E-state index in [0.29, 0.717) is 0 Å². The Morgan fingerprint density at radius 2 is 0.941 bits per heavy atom. The van der Waals surface area contributed by atoms with Crippen LogP contribution in [0.3, 0.4) is 0 Å². The van der Waals surface area contributed by atoms with Crippen molar-refractivity contribution in [2.45, 2.75) is 39.5 Å². The average Bonchev–Trinajstić information content (AvgIpc) is 3.41. The van der Waals surface area contributed by atoms with Crippen LogP contribution in [0.4, 0.5) is 0 Å². The number of esters is 4. The Morgan fingerprint density at radius 3 is 1.15 bits per heavy atom. The van der Waals surface area contributed by atoms with E-state index in [-0.39, 0.29) is 37.5 Å². The Labute approximate surface area is 200 Å². The van der Waals surface area contributed by atoms with Gasteiger partial charge in [-0.1, -0.05) is 47.6 Å². The molecule has 2 unspecified atom stereocenters. The van der Waals surface area contributed by atoms with Crippen molar-refractivity contribution < 1.29 is 38.1 Å². The Hall–Kier alpha value is -3.16. The van der Waals surface area contributed by atoms with Crippen molar-refractivity contribution in [3.63, 3.8) is 0 Å². The lowest BCUT2D eigenvalue weighted by molar-refractivity contribution is -0.170. The molecule has 0 aromatic carbocycles. The fraction of sp³-hybridized carbons (Fsp3) is 0.538. The number of hydrogen-bond donors (Lipinski definition) is 0.